The van der Waals surface area contributed by atoms with E-state index < -0.39 is 0 Å². The minimum absolute atomic E-state index is 0.104. The van der Waals surface area contributed by atoms with Crippen molar-refractivity contribution < 1.29 is 24.1 Å². The summed E-state index contributed by atoms with van der Waals surface area (Å²) < 4.78 is 20.2. The molecule has 1 aromatic carbocycles. The molecular formula is C12H18O5. The van der Waals surface area contributed by atoms with E-state index in [0.717, 1.165) is 0 Å². The number of hydrogen-bond donors (Lipinski definition) is 1. The number of rotatable bonds is 8. The first kappa shape index (κ1) is 13.8. The lowest BCUT2D eigenvalue weighted by molar-refractivity contribution is -0.0728. The molecule has 0 spiro atoms. The highest BCUT2D eigenvalue weighted by Gasteiger charge is 2.06. The van der Waals surface area contributed by atoms with Gasteiger partial charge in [-0.1, -0.05) is 12.1 Å². The standard InChI is InChI=1S/C12H18O5/c1-14-6-7-16-9-17-8-10-4-3-5-11(15-2)12(10)13/h3-5,13H,6-9H2,1-2H3. The van der Waals surface area contributed by atoms with Crippen LogP contribution < -0.4 is 4.74 Å². The first-order valence-corrected chi connectivity index (χ1v) is 5.29. The third kappa shape index (κ3) is 4.60. The van der Waals surface area contributed by atoms with E-state index in [1.54, 1.807) is 25.3 Å². The summed E-state index contributed by atoms with van der Waals surface area (Å²) in [5.74, 6) is 0.540. The van der Waals surface area contributed by atoms with Crippen molar-refractivity contribution in [3.05, 3.63) is 23.8 Å². The molecule has 0 saturated heterocycles. The molecule has 1 rings (SSSR count). The monoisotopic (exact) mass is 242 g/mol. The van der Waals surface area contributed by atoms with Crippen LogP contribution in [-0.4, -0.2) is 39.3 Å². The second-order valence-electron chi connectivity index (χ2n) is 3.34. The molecule has 0 unspecified atom stereocenters. The van der Waals surface area contributed by atoms with Crippen LogP contribution in [0.15, 0.2) is 18.2 Å². The zero-order valence-corrected chi connectivity index (χ0v) is 10.1. The maximum atomic E-state index is 9.76. The van der Waals surface area contributed by atoms with Crippen molar-refractivity contribution in [2.45, 2.75) is 6.61 Å². The molecule has 1 aromatic rings. The zero-order valence-electron chi connectivity index (χ0n) is 10.1. The van der Waals surface area contributed by atoms with Crippen LogP contribution in [0.1, 0.15) is 5.56 Å². The van der Waals surface area contributed by atoms with Crippen molar-refractivity contribution in [2.75, 3.05) is 34.2 Å². The first-order chi connectivity index (χ1) is 8.29. The number of ether oxygens (including phenoxy) is 4. The lowest BCUT2D eigenvalue weighted by Crippen LogP contribution is -2.06. The maximum absolute atomic E-state index is 9.76. The number of methoxy groups -OCH3 is 2. The van der Waals surface area contributed by atoms with Gasteiger partial charge in [-0.05, 0) is 6.07 Å². The molecule has 0 bridgehead atoms. The van der Waals surface area contributed by atoms with E-state index in [9.17, 15) is 5.11 Å². The van der Waals surface area contributed by atoms with E-state index in [-0.39, 0.29) is 19.1 Å². The Morgan fingerprint density at radius 1 is 1.12 bits per heavy atom. The summed E-state index contributed by atoms with van der Waals surface area (Å²) in [6, 6.07) is 5.25. The molecule has 1 N–H and O–H groups in total. The number of phenolic OH excluding ortho intramolecular Hbond substituents is 1. The summed E-state index contributed by atoms with van der Waals surface area (Å²) in [5, 5.41) is 9.76. The number of phenols is 1. The molecule has 0 amide bonds. The highest BCUT2D eigenvalue weighted by atomic mass is 16.7. The van der Waals surface area contributed by atoms with E-state index in [1.807, 2.05) is 0 Å². The van der Waals surface area contributed by atoms with Gasteiger partial charge in [0.2, 0.25) is 0 Å². The van der Waals surface area contributed by atoms with Crippen LogP contribution >= 0.6 is 0 Å². The Hall–Kier alpha value is -1.30. The van der Waals surface area contributed by atoms with Crippen LogP contribution in [0.5, 0.6) is 11.5 Å². The van der Waals surface area contributed by atoms with E-state index >= 15 is 0 Å². The Morgan fingerprint density at radius 2 is 1.94 bits per heavy atom. The molecule has 0 heterocycles. The third-order valence-electron chi connectivity index (χ3n) is 2.16. The normalized spacial score (nSPS) is 10.5. The van der Waals surface area contributed by atoms with E-state index in [0.29, 0.717) is 24.5 Å². The highest BCUT2D eigenvalue weighted by molar-refractivity contribution is 5.44. The molecule has 96 valence electrons. The van der Waals surface area contributed by atoms with Crippen LogP contribution in [0, 0.1) is 0 Å². The van der Waals surface area contributed by atoms with Gasteiger partial charge < -0.3 is 24.1 Å². The molecule has 0 aromatic heterocycles. The average Bonchev–Trinajstić information content (AvgIpc) is 2.35. The van der Waals surface area contributed by atoms with Crippen molar-refractivity contribution in [3.8, 4) is 11.5 Å². The quantitative estimate of drug-likeness (QED) is 0.553. The fourth-order valence-corrected chi connectivity index (χ4v) is 1.26. The smallest absolute Gasteiger partial charge is 0.163 e. The minimum atomic E-state index is 0.104. The molecule has 0 fully saturated rings. The van der Waals surface area contributed by atoms with Crippen molar-refractivity contribution in [1.29, 1.82) is 0 Å². The Kier molecular flexibility index (Phi) is 6.39. The van der Waals surface area contributed by atoms with Crippen LogP contribution in [0.3, 0.4) is 0 Å². The molecule has 0 aliphatic heterocycles. The summed E-state index contributed by atoms with van der Waals surface area (Å²) in [6.45, 7) is 1.46. The second-order valence-corrected chi connectivity index (χ2v) is 3.34. The fraction of sp³-hybridized carbons (Fsp3) is 0.500. The van der Waals surface area contributed by atoms with E-state index in [1.165, 1.54) is 7.11 Å². The van der Waals surface area contributed by atoms with Gasteiger partial charge in [-0.25, -0.2) is 0 Å². The Bertz CT molecular complexity index is 327. The molecule has 5 nitrogen and oxygen atoms in total. The lowest BCUT2D eigenvalue weighted by atomic mass is 10.2. The first-order valence-electron chi connectivity index (χ1n) is 5.29. The predicted octanol–water partition coefficient (Wildman–Crippen LogP) is 1.54. The summed E-state index contributed by atoms with van der Waals surface area (Å²) in [4.78, 5) is 0. The Balaban J connectivity index is 2.31. The number of benzene rings is 1. The van der Waals surface area contributed by atoms with Gasteiger partial charge in [0, 0.05) is 12.7 Å². The summed E-state index contributed by atoms with van der Waals surface area (Å²) in [7, 11) is 3.12. The molecule has 5 heteroatoms. The predicted molar refractivity (Wildman–Crippen MR) is 62.1 cm³/mol. The van der Waals surface area contributed by atoms with Crippen LogP contribution in [0.4, 0.5) is 0 Å². The maximum Gasteiger partial charge on any atom is 0.163 e. The van der Waals surface area contributed by atoms with Gasteiger partial charge in [-0.3, -0.25) is 0 Å². The van der Waals surface area contributed by atoms with Gasteiger partial charge in [0.15, 0.2) is 11.5 Å². The van der Waals surface area contributed by atoms with Gasteiger partial charge in [0.1, 0.15) is 6.79 Å². The van der Waals surface area contributed by atoms with E-state index in [2.05, 4.69) is 0 Å². The van der Waals surface area contributed by atoms with Crippen LogP contribution in [0.25, 0.3) is 0 Å². The van der Waals surface area contributed by atoms with Crippen LogP contribution in [-0.2, 0) is 20.8 Å². The minimum Gasteiger partial charge on any atom is -0.504 e. The summed E-state index contributed by atoms with van der Waals surface area (Å²) >= 11 is 0. The fourth-order valence-electron chi connectivity index (χ4n) is 1.26. The van der Waals surface area contributed by atoms with E-state index in [4.69, 9.17) is 18.9 Å². The molecule has 17 heavy (non-hydrogen) atoms. The van der Waals surface area contributed by atoms with Crippen molar-refractivity contribution in [1.82, 2.24) is 0 Å². The van der Waals surface area contributed by atoms with Crippen molar-refractivity contribution in [2.24, 2.45) is 0 Å². The largest absolute Gasteiger partial charge is 0.504 e. The number of aromatic hydroxyl groups is 1. The topological polar surface area (TPSA) is 57.2 Å². The Labute approximate surface area is 101 Å². The van der Waals surface area contributed by atoms with Gasteiger partial charge in [0.05, 0.1) is 26.9 Å². The highest BCUT2D eigenvalue weighted by Crippen LogP contribution is 2.29. The molecular weight excluding hydrogens is 224 g/mol. The number of para-hydroxylation sites is 1. The van der Waals surface area contributed by atoms with Gasteiger partial charge >= 0.3 is 0 Å². The molecule has 0 saturated carbocycles. The molecule has 0 atom stereocenters. The molecule has 0 aliphatic rings. The van der Waals surface area contributed by atoms with Crippen molar-refractivity contribution in [3.63, 3.8) is 0 Å². The second kappa shape index (κ2) is 7.89. The van der Waals surface area contributed by atoms with Gasteiger partial charge in [-0.15, -0.1) is 0 Å². The van der Waals surface area contributed by atoms with Crippen LogP contribution in [0.2, 0.25) is 0 Å². The lowest BCUT2D eigenvalue weighted by Gasteiger charge is -2.09. The summed E-state index contributed by atoms with van der Waals surface area (Å²) in [5.41, 5.74) is 0.666. The molecule has 0 aliphatic carbocycles. The third-order valence-corrected chi connectivity index (χ3v) is 2.16. The van der Waals surface area contributed by atoms with Gasteiger partial charge in [-0.2, -0.15) is 0 Å². The van der Waals surface area contributed by atoms with Gasteiger partial charge in [0.25, 0.3) is 0 Å². The van der Waals surface area contributed by atoms with Crippen molar-refractivity contribution >= 4 is 0 Å². The number of hydrogen-bond acceptors (Lipinski definition) is 5. The summed E-state index contributed by atoms with van der Waals surface area (Å²) in [6.07, 6.45) is 0. The zero-order chi connectivity index (χ0) is 12.5. The SMILES string of the molecule is COCCOCOCc1cccc(OC)c1O. The average molecular weight is 242 g/mol. The molecule has 0 radical (unpaired) electrons. The Morgan fingerprint density at radius 3 is 2.65 bits per heavy atom.